The van der Waals surface area contributed by atoms with E-state index in [9.17, 15) is 14.3 Å². The first kappa shape index (κ1) is 17.9. The number of aromatic carboxylic acids is 1. The summed E-state index contributed by atoms with van der Waals surface area (Å²) in [7, 11) is 0. The number of rotatable bonds is 2. The zero-order chi connectivity index (χ0) is 18.7. The van der Waals surface area contributed by atoms with Crippen molar-refractivity contribution in [3.05, 3.63) is 65.1 Å². The Balaban J connectivity index is 0.000000948. The molecule has 4 rings (SSSR count). The molecule has 5 nitrogen and oxygen atoms in total. The van der Waals surface area contributed by atoms with Gasteiger partial charge in [-0.1, -0.05) is 26.0 Å². The van der Waals surface area contributed by atoms with Gasteiger partial charge in [0.25, 0.3) is 0 Å². The number of ether oxygens (including phenoxy) is 1. The summed E-state index contributed by atoms with van der Waals surface area (Å²) >= 11 is 0. The third-order valence-corrected chi connectivity index (χ3v) is 4.33. The van der Waals surface area contributed by atoms with Crippen molar-refractivity contribution in [1.82, 2.24) is 9.78 Å². The van der Waals surface area contributed by atoms with Gasteiger partial charge in [-0.15, -0.1) is 0 Å². The van der Waals surface area contributed by atoms with Gasteiger partial charge >= 0.3 is 5.97 Å². The fourth-order valence-corrected chi connectivity index (χ4v) is 3.15. The highest BCUT2D eigenvalue weighted by Crippen LogP contribution is 2.34. The van der Waals surface area contributed by atoms with Crippen molar-refractivity contribution in [2.75, 3.05) is 0 Å². The van der Waals surface area contributed by atoms with E-state index in [1.807, 2.05) is 26.0 Å². The summed E-state index contributed by atoms with van der Waals surface area (Å²) in [6.07, 6.45) is 6.39. The van der Waals surface area contributed by atoms with Gasteiger partial charge < -0.3 is 9.84 Å². The van der Waals surface area contributed by atoms with Crippen LogP contribution in [0.1, 0.15) is 54.2 Å². The molecule has 0 spiro atoms. The van der Waals surface area contributed by atoms with Crippen LogP contribution in [0.2, 0.25) is 0 Å². The molecule has 1 N–H and O–H groups in total. The van der Waals surface area contributed by atoms with Crippen LogP contribution in [0.5, 0.6) is 5.88 Å². The summed E-state index contributed by atoms with van der Waals surface area (Å²) < 4.78 is 21.0. The average Bonchev–Trinajstić information content (AvgIpc) is 2.98. The number of carboxylic acids is 1. The van der Waals surface area contributed by atoms with Gasteiger partial charge in [0.1, 0.15) is 12.4 Å². The van der Waals surface area contributed by atoms with E-state index < -0.39 is 5.97 Å². The number of halogens is 1. The summed E-state index contributed by atoms with van der Waals surface area (Å²) in [5, 5.41) is 13.9. The van der Waals surface area contributed by atoms with E-state index in [2.05, 4.69) is 5.10 Å². The van der Waals surface area contributed by atoms with E-state index >= 15 is 0 Å². The van der Waals surface area contributed by atoms with Gasteiger partial charge in [0.2, 0.25) is 5.88 Å². The standard InChI is InChI=1S/C18H15FN2O3.C2H6/c19-12-5-2-1-4-11(8-12)15-9-17-21(20-15)16-7-3-6-13(18(22)23)14(16)10-24-17;1-2/h2-3,5-9,11H,1,4,10H2,(H,22,23);1-2H3. The number of hydrogen-bond acceptors (Lipinski definition) is 3. The number of hydrogen-bond donors (Lipinski definition) is 1. The van der Waals surface area contributed by atoms with Gasteiger partial charge in [-0.25, -0.2) is 13.9 Å². The first-order valence-electron chi connectivity index (χ1n) is 8.75. The number of benzene rings is 1. The Morgan fingerprint density at radius 3 is 2.96 bits per heavy atom. The monoisotopic (exact) mass is 356 g/mol. The molecule has 0 saturated carbocycles. The maximum absolute atomic E-state index is 13.7. The van der Waals surface area contributed by atoms with E-state index in [1.165, 1.54) is 6.08 Å². The maximum Gasteiger partial charge on any atom is 0.336 e. The fourth-order valence-electron chi connectivity index (χ4n) is 3.15. The van der Waals surface area contributed by atoms with Gasteiger partial charge in [0.15, 0.2) is 0 Å². The second-order valence-electron chi connectivity index (χ2n) is 5.85. The summed E-state index contributed by atoms with van der Waals surface area (Å²) in [5.74, 6) is -0.845. The highest BCUT2D eigenvalue weighted by atomic mass is 19.1. The van der Waals surface area contributed by atoms with E-state index in [-0.39, 0.29) is 23.9 Å². The molecule has 2 heterocycles. The van der Waals surface area contributed by atoms with E-state index in [0.717, 1.165) is 18.5 Å². The van der Waals surface area contributed by atoms with Crippen molar-refractivity contribution in [3.63, 3.8) is 0 Å². The zero-order valence-corrected chi connectivity index (χ0v) is 14.8. The Labute approximate surface area is 151 Å². The highest BCUT2D eigenvalue weighted by Gasteiger charge is 2.26. The number of aromatic nitrogens is 2. The molecular weight excluding hydrogens is 335 g/mol. The summed E-state index contributed by atoms with van der Waals surface area (Å²) in [6, 6.07) is 6.86. The number of carboxylic acid groups (broad SMARTS) is 1. The first-order valence-corrected chi connectivity index (χ1v) is 8.75. The topological polar surface area (TPSA) is 64.3 Å². The van der Waals surface area contributed by atoms with Crippen LogP contribution in [-0.2, 0) is 6.61 Å². The molecule has 0 bridgehead atoms. The van der Waals surface area contributed by atoms with E-state index in [1.54, 1.807) is 29.0 Å². The van der Waals surface area contributed by atoms with Gasteiger partial charge in [-0.2, -0.15) is 5.10 Å². The van der Waals surface area contributed by atoms with Crippen molar-refractivity contribution in [2.45, 2.75) is 39.2 Å². The average molecular weight is 356 g/mol. The lowest BCUT2D eigenvalue weighted by Gasteiger charge is -2.20. The minimum absolute atomic E-state index is 0.132. The maximum atomic E-state index is 13.7. The predicted molar refractivity (Wildman–Crippen MR) is 96.5 cm³/mol. The van der Waals surface area contributed by atoms with Gasteiger partial charge in [-0.05, 0) is 37.1 Å². The quantitative estimate of drug-likeness (QED) is 0.841. The number of fused-ring (bicyclic) bond motifs is 3. The van der Waals surface area contributed by atoms with Crippen LogP contribution in [0, 0.1) is 0 Å². The van der Waals surface area contributed by atoms with Gasteiger partial charge in [-0.3, -0.25) is 0 Å². The van der Waals surface area contributed by atoms with Crippen molar-refractivity contribution in [2.24, 2.45) is 0 Å². The van der Waals surface area contributed by atoms with Crippen LogP contribution >= 0.6 is 0 Å². The normalized spacial score (nSPS) is 17.7. The number of nitrogens with zero attached hydrogens (tertiary/aromatic N) is 2. The lowest BCUT2D eigenvalue weighted by molar-refractivity contribution is 0.0693. The van der Waals surface area contributed by atoms with Crippen LogP contribution in [-0.4, -0.2) is 20.9 Å². The third kappa shape index (κ3) is 3.27. The van der Waals surface area contributed by atoms with Crippen molar-refractivity contribution < 1.29 is 19.0 Å². The lowest BCUT2D eigenvalue weighted by Crippen LogP contribution is -2.17. The Morgan fingerprint density at radius 2 is 2.19 bits per heavy atom. The zero-order valence-electron chi connectivity index (χ0n) is 14.8. The minimum atomic E-state index is -0.994. The van der Waals surface area contributed by atoms with Gasteiger partial charge in [0, 0.05) is 17.5 Å². The Bertz CT molecular complexity index is 883. The van der Waals surface area contributed by atoms with Gasteiger partial charge in [0.05, 0.1) is 16.9 Å². The number of allylic oxidation sites excluding steroid dienone is 4. The van der Waals surface area contributed by atoms with Crippen molar-refractivity contribution >= 4 is 5.97 Å². The Hall–Kier alpha value is -2.89. The van der Waals surface area contributed by atoms with Crippen LogP contribution in [0.3, 0.4) is 0 Å². The largest absolute Gasteiger partial charge is 0.478 e. The summed E-state index contributed by atoms with van der Waals surface area (Å²) in [4.78, 5) is 11.4. The Morgan fingerprint density at radius 1 is 1.38 bits per heavy atom. The van der Waals surface area contributed by atoms with Crippen LogP contribution in [0.25, 0.3) is 5.69 Å². The molecule has 2 aromatic rings. The second kappa shape index (κ2) is 7.56. The molecule has 1 aliphatic carbocycles. The Kier molecular flexibility index (Phi) is 5.21. The molecule has 136 valence electrons. The number of carbonyl (C=O) groups is 1. The predicted octanol–water partition coefficient (Wildman–Crippen LogP) is 4.78. The first-order chi connectivity index (χ1) is 12.6. The molecule has 0 saturated heterocycles. The van der Waals surface area contributed by atoms with E-state index in [4.69, 9.17) is 4.74 Å². The molecule has 1 aromatic heterocycles. The summed E-state index contributed by atoms with van der Waals surface area (Å²) in [5.41, 5.74) is 2.22. The highest BCUT2D eigenvalue weighted by molar-refractivity contribution is 5.90. The molecule has 0 radical (unpaired) electrons. The molecule has 0 fully saturated rings. The molecule has 6 heteroatoms. The summed E-state index contributed by atoms with van der Waals surface area (Å²) in [6.45, 7) is 4.18. The van der Waals surface area contributed by atoms with Crippen molar-refractivity contribution in [1.29, 1.82) is 0 Å². The molecule has 2 aliphatic rings. The molecule has 1 unspecified atom stereocenters. The molecule has 26 heavy (non-hydrogen) atoms. The van der Waals surface area contributed by atoms with Crippen molar-refractivity contribution in [3.8, 4) is 11.6 Å². The smallest absolute Gasteiger partial charge is 0.336 e. The molecular formula is C20H21FN2O3. The molecule has 1 aliphatic heterocycles. The second-order valence-corrected chi connectivity index (χ2v) is 5.85. The molecule has 1 aromatic carbocycles. The molecule has 0 amide bonds. The fraction of sp³-hybridized carbons (Fsp3) is 0.300. The van der Waals surface area contributed by atoms with Crippen LogP contribution < -0.4 is 4.74 Å². The molecule has 1 atom stereocenters. The SMILES string of the molecule is CC.O=C(O)c1cccc2c1COc1cc(C3C=C(F)C=CCC3)nn1-2. The van der Waals surface area contributed by atoms with Crippen LogP contribution in [0.15, 0.2) is 48.3 Å². The minimum Gasteiger partial charge on any atom is -0.478 e. The van der Waals surface area contributed by atoms with E-state index in [0.29, 0.717) is 17.1 Å². The lowest BCUT2D eigenvalue weighted by atomic mass is 10.0. The van der Waals surface area contributed by atoms with Crippen LogP contribution in [0.4, 0.5) is 4.39 Å². The third-order valence-electron chi connectivity index (χ3n) is 4.33.